The molecule has 2 fully saturated rings. The lowest BCUT2D eigenvalue weighted by Crippen LogP contribution is -2.51. The fourth-order valence-electron chi connectivity index (χ4n) is 4.67. The van der Waals surface area contributed by atoms with E-state index in [-0.39, 0.29) is 34.0 Å². The summed E-state index contributed by atoms with van der Waals surface area (Å²) in [4.78, 5) is 28.8. The molecule has 3 heterocycles. The standard InChI is InChI=1S/C23H29FN4O5S/c1-16-22(17(2)33-25-16)34(31,32)28-9-7-18(8-10-28)15-21(29)26-11-13-27(14-12-26)23(30)19-5-3-4-6-20(19)24/h3-6,18H,7-15H2,1-2H3. The Balaban J connectivity index is 1.27. The van der Waals surface area contributed by atoms with Gasteiger partial charge in [-0.25, -0.2) is 12.8 Å². The average Bonchev–Trinajstić information content (AvgIpc) is 3.18. The first-order chi connectivity index (χ1) is 16.2. The van der Waals surface area contributed by atoms with Crippen molar-refractivity contribution in [3.05, 3.63) is 47.1 Å². The Hall–Kier alpha value is -2.79. The molecule has 184 valence electrons. The van der Waals surface area contributed by atoms with Crippen molar-refractivity contribution >= 4 is 21.8 Å². The summed E-state index contributed by atoms with van der Waals surface area (Å²) in [5.41, 5.74) is 0.392. The summed E-state index contributed by atoms with van der Waals surface area (Å²) in [5, 5.41) is 3.75. The second-order valence-corrected chi connectivity index (χ2v) is 10.7. The van der Waals surface area contributed by atoms with Crippen LogP contribution in [0.4, 0.5) is 4.39 Å². The second-order valence-electron chi connectivity index (χ2n) is 8.86. The second kappa shape index (κ2) is 9.83. The summed E-state index contributed by atoms with van der Waals surface area (Å²) in [7, 11) is -3.68. The molecule has 0 unspecified atom stereocenters. The van der Waals surface area contributed by atoms with Gasteiger partial charge in [-0.2, -0.15) is 4.31 Å². The van der Waals surface area contributed by atoms with Gasteiger partial charge in [-0.3, -0.25) is 9.59 Å². The van der Waals surface area contributed by atoms with Crippen molar-refractivity contribution in [2.45, 2.75) is 38.0 Å². The zero-order chi connectivity index (χ0) is 24.5. The minimum Gasteiger partial charge on any atom is -0.360 e. The van der Waals surface area contributed by atoms with E-state index >= 15 is 0 Å². The molecular formula is C23H29FN4O5S. The van der Waals surface area contributed by atoms with E-state index in [9.17, 15) is 22.4 Å². The minimum absolute atomic E-state index is 0.00465. The summed E-state index contributed by atoms with van der Waals surface area (Å²) in [6, 6.07) is 5.89. The van der Waals surface area contributed by atoms with E-state index in [0.717, 1.165) is 0 Å². The van der Waals surface area contributed by atoms with Crippen molar-refractivity contribution in [3.8, 4) is 0 Å². The molecular weight excluding hydrogens is 463 g/mol. The smallest absolute Gasteiger partial charge is 0.256 e. The molecule has 2 aliphatic rings. The first-order valence-electron chi connectivity index (χ1n) is 11.4. The van der Waals surface area contributed by atoms with Crippen LogP contribution in [0.2, 0.25) is 0 Å². The Morgan fingerprint density at radius 1 is 1.03 bits per heavy atom. The van der Waals surface area contributed by atoms with Crippen LogP contribution in [0.5, 0.6) is 0 Å². The molecule has 2 aromatic rings. The van der Waals surface area contributed by atoms with Crippen molar-refractivity contribution in [2.24, 2.45) is 5.92 Å². The molecule has 4 rings (SSSR count). The van der Waals surface area contributed by atoms with Gasteiger partial charge >= 0.3 is 0 Å². The lowest BCUT2D eigenvalue weighted by Gasteiger charge is -2.36. The van der Waals surface area contributed by atoms with E-state index in [1.165, 1.54) is 16.4 Å². The Morgan fingerprint density at radius 2 is 1.65 bits per heavy atom. The van der Waals surface area contributed by atoms with Crippen LogP contribution >= 0.6 is 0 Å². The molecule has 2 amide bonds. The maximum absolute atomic E-state index is 13.9. The maximum Gasteiger partial charge on any atom is 0.256 e. The molecule has 2 aliphatic heterocycles. The van der Waals surface area contributed by atoms with Crippen molar-refractivity contribution in [1.82, 2.24) is 19.3 Å². The molecule has 0 spiro atoms. The number of hydrogen-bond acceptors (Lipinski definition) is 6. The number of benzene rings is 1. The topological polar surface area (TPSA) is 104 Å². The van der Waals surface area contributed by atoms with E-state index in [0.29, 0.717) is 64.2 Å². The Bertz CT molecular complexity index is 1150. The van der Waals surface area contributed by atoms with Gasteiger partial charge in [-0.05, 0) is 44.7 Å². The van der Waals surface area contributed by atoms with Gasteiger partial charge in [0.15, 0.2) is 5.76 Å². The summed E-state index contributed by atoms with van der Waals surface area (Å²) in [6.45, 7) is 5.39. The van der Waals surface area contributed by atoms with Crippen LogP contribution in [0, 0.1) is 25.6 Å². The van der Waals surface area contributed by atoms with Gasteiger partial charge < -0.3 is 14.3 Å². The number of hydrogen-bond donors (Lipinski definition) is 0. The third-order valence-corrected chi connectivity index (χ3v) is 8.77. The number of carbonyl (C=O) groups is 2. The first-order valence-corrected chi connectivity index (χ1v) is 12.9. The quantitative estimate of drug-likeness (QED) is 0.634. The van der Waals surface area contributed by atoms with Gasteiger partial charge in [-0.1, -0.05) is 17.3 Å². The summed E-state index contributed by atoms with van der Waals surface area (Å²) in [6.07, 6.45) is 1.54. The highest BCUT2D eigenvalue weighted by molar-refractivity contribution is 7.89. The maximum atomic E-state index is 13.9. The number of aryl methyl sites for hydroxylation is 2. The van der Waals surface area contributed by atoms with Crippen LogP contribution in [0.25, 0.3) is 0 Å². The predicted octanol–water partition coefficient (Wildman–Crippen LogP) is 2.21. The van der Waals surface area contributed by atoms with Gasteiger partial charge in [0.25, 0.3) is 5.91 Å². The molecule has 0 atom stereocenters. The van der Waals surface area contributed by atoms with Crippen molar-refractivity contribution < 1.29 is 26.9 Å². The van der Waals surface area contributed by atoms with Gasteiger partial charge in [0.2, 0.25) is 15.9 Å². The molecule has 0 radical (unpaired) electrons. The third kappa shape index (κ3) is 4.85. The molecule has 0 N–H and O–H groups in total. The van der Waals surface area contributed by atoms with Crippen LogP contribution in [-0.2, 0) is 14.8 Å². The molecule has 1 aromatic heterocycles. The van der Waals surface area contributed by atoms with Gasteiger partial charge in [0, 0.05) is 45.7 Å². The zero-order valence-corrected chi connectivity index (χ0v) is 20.2. The van der Waals surface area contributed by atoms with E-state index in [4.69, 9.17) is 4.52 Å². The Kier molecular flexibility index (Phi) is 7.04. The number of sulfonamides is 1. The number of amides is 2. The third-order valence-electron chi connectivity index (χ3n) is 6.63. The minimum atomic E-state index is -3.68. The molecule has 0 saturated carbocycles. The number of carbonyl (C=O) groups excluding carboxylic acids is 2. The number of rotatable bonds is 5. The van der Waals surface area contributed by atoms with E-state index in [1.807, 2.05) is 0 Å². The lowest BCUT2D eigenvalue weighted by molar-refractivity contribution is -0.134. The SMILES string of the molecule is Cc1noc(C)c1S(=O)(=O)N1CCC(CC(=O)N2CCN(C(=O)c3ccccc3F)CC2)CC1. The molecule has 2 saturated heterocycles. The van der Waals surface area contributed by atoms with Crippen LogP contribution < -0.4 is 0 Å². The highest BCUT2D eigenvalue weighted by Crippen LogP contribution is 2.29. The molecule has 9 nitrogen and oxygen atoms in total. The number of halogens is 1. The number of nitrogens with zero attached hydrogens (tertiary/aromatic N) is 4. The molecule has 0 bridgehead atoms. The molecule has 0 aliphatic carbocycles. The molecule has 34 heavy (non-hydrogen) atoms. The normalized spacial score (nSPS) is 18.3. The van der Waals surface area contributed by atoms with Gasteiger partial charge in [0.05, 0.1) is 5.56 Å². The van der Waals surface area contributed by atoms with Gasteiger partial charge in [-0.15, -0.1) is 0 Å². The summed E-state index contributed by atoms with van der Waals surface area (Å²) < 4.78 is 46.3. The van der Waals surface area contributed by atoms with Crippen LogP contribution in [0.1, 0.15) is 41.1 Å². The molecule has 1 aromatic carbocycles. The number of aromatic nitrogens is 1. The highest BCUT2D eigenvalue weighted by atomic mass is 32.2. The monoisotopic (exact) mass is 492 g/mol. The highest BCUT2D eigenvalue weighted by Gasteiger charge is 2.35. The first kappa shape index (κ1) is 24.3. The Labute approximate surface area is 198 Å². The van der Waals surface area contributed by atoms with Crippen molar-refractivity contribution in [2.75, 3.05) is 39.3 Å². The lowest BCUT2D eigenvalue weighted by atomic mass is 9.94. The zero-order valence-electron chi connectivity index (χ0n) is 19.4. The summed E-state index contributed by atoms with van der Waals surface area (Å²) >= 11 is 0. The fourth-order valence-corrected chi connectivity index (χ4v) is 6.43. The van der Waals surface area contributed by atoms with E-state index < -0.39 is 15.8 Å². The molecule has 11 heteroatoms. The number of piperidine rings is 1. The Morgan fingerprint density at radius 3 is 2.24 bits per heavy atom. The van der Waals surface area contributed by atoms with Crippen molar-refractivity contribution in [1.29, 1.82) is 0 Å². The largest absolute Gasteiger partial charge is 0.360 e. The van der Waals surface area contributed by atoms with Crippen LogP contribution in [0.3, 0.4) is 0 Å². The summed E-state index contributed by atoms with van der Waals surface area (Å²) in [5.74, 6) is -0.528. The van der Waals surface area contributed by atoms with Gasteiger partial charge in [0.1, 0.15) is 16.4 Å². The van der Waals surface area contributed by atoms with E-state index in [1.54, 1.807) is 35.8 Å². The number of piperazine rings is 1. The predicted molar refractivity (Wildman–Crippen MR) is 121 cm³/mol. The fraction of sp³-hybridized carbons (Fsp3) is 0.522. The average molecular weight is 493 g/mol. The van der Waals surface area contributed by atoms with Crippen LogP contribution in [-0.4, -0.2) is 78.8 Å². The van der Waals surface area contributed by atoms with E-state index in [2.05, 4.69) is 5.16 Å². The van der Waals surface area contributed by atoms with Crippen molar-refractivity contribution in [3.63, 3.8) is 0 Å². The van der Waals surface area contributed by atoms with Crippen LogP contribution in [0.15, 0.2) is 33.7 Å².